The number of nitrogens with one attached hydrogen (secondary N) is 1. The number of amides is 1. The fraction of sp³-hybridized carbons (Fsp3) is 0.263. The summed E-state index contributed by atoms with van der Waals surface area (Å²) in [7, 11) is 1.51. The predicted octanol–water partition coefficient (Wildman–Crippen LogP) is 3.64. The van der Waals surface area contributed by atoms with Gasteiger partial charge in [0.2, 0.25) is 5.91 Å². The highest BCUT2D eigenvalue weighted by Gasteiger charge is 2.11. The molecule has 0 fully saturated rings. The van der Waals surface area contributed by atoms with E-state index in [2.05, 4.69) is 5.32 Å². The van der Waals surface area contributed by atoms with Crippen molar-refractivity contribution >= 4 is 17.5 Å². The van der Waals surface area contributed by atoms with Crippen LogP contribution in [0.15, 0.2) is 36.4 Å². The van der Waals surface area contributed by atoms with Crippen LogP contribution in [0, 0.1) is 17.1 Å². The molecule has 0 aliphatic rings. The van der Waals surface area contributed by atoms with Crippen LogP contribution in [0.5, 0.6) is 11.5 Å². The minimum absolute atomic E-state index is 0.0375. The van der Waals surface area contributed by atoms with E-state index in [1.165, 1.54) is 19.2 Å². The molecule has 1 amide bonds. The summed E-state index contributed by atoms with van der Waals surface area (Å²) in [6.07, 6.45) is 0.387. The second kappa shape index (κ2) is 9.64. The van der Waals surface area contributed by atoms with Gasteiger partial charge >= 0.3 is 0 Å². The van der Waals surface area contributed by atoms with Gasteiger partial charge in [0.25, 0.3) is 0 Å². The maximum Gasteiger partial charge on any atom is 0.234 e. The SMILES string of the molecule is COc1ccc(CCNC(=O)CC#N)cc1OCc1c(F)cccc1Cl. The van der Waals surface area contributed by atoms with Crippen molar-refractivity contribution in [2.75, 3.05) is 13.7 Å². The van der Waals surface area contributed by atoms with Gasteiger partial charge in [0.05, 0.1) is 18.2 Å². The van der Waals surface area contributed by atoms with E-state index in [1.54, 1.807) is 24.3 Å². The molecule has 0 aliphatic carbocycles. The third kappa shape index (κ3) is 5.36. The summed E-state index contributed by atoms with van der Waals surface area (Å²) in [4.78, 5) is 11.3. The van der Waals surface area contributed by atoms with Gasteiger partial charge in [-0.25, -0.2) is 4.39 Å². The normalized spacial score (nSPS) is 10.1. The number of benzene rings is 2. The molecule has 0 radical (unpaired) electrons. The Kier molecular flexibility index (Phi) is 7.24. The average molecular weight is 377 g/mol. The molecule has 2 aromatic carbocycles. The van der Waals surface area contributed by atoms with Crippen molar-refractivity contribution in [3.63, 3.8) is 0 Å². The Morgan fingerprint density at radius 1 is 1.31 bits per heavy atom. The summed E-state index contributed by atoms with van der Waals surface area (Å²) < 4.78 is 24.8. The molecule has 0 saturated carbocycles. The number of nitriles is 1. The number of nitrogens with zero attached hydrogens (tertiary/aromatic N) is 1. The fourth-order valence-electron chi connectivity index (χ4n) is 2.29. The molecule has 26 heavy (non-hydrogen) atoms. The fourth-order valence-corrected chi connectivity index (χ4v) is 2.51. The third-order valence-corrected chi connectivity index (χ3v) is 3.99. The molecular weight excluding hydrogens is 359 g/mol. The first-order chi connectivity index (χ1) is 12.5. The number of hydrogen-bond donors (Lipinski definition) is 1. The molecule has 0 spiro atoms. The molecule has 0 unspecified atom stereocenters. The zero-order valence-corrected chi connectivity index (χ0v) is 15.0. The Bertz CT molecular complexity index is 801. The average Bonchev–Trinajstić information content (AvgIpc) is 2.62. The van der Waals surface area contributed by atoms with E-state index in [-0.39, 0.29) is 24.5 Å². The smallest absolute Gasteiger partial charge is 0.234 e. The lowest BCUT2D eigenvalue weighted by atomic mass is 10.1. The summed E-state index contributed by atoms with van der Waals surface area (Å²) in [6, 6.07) is 11.6. The van der Waals surface area contributed by atoms with E-state index in [0.29, 0.717) is 29.5 Å². The van der Waals surface area contributed by atoms with Crippen LogP contribution in [0.25, 0.3) is 0 Å². The van der Waals surface area contributed by atoms with Crippen molar-refractivity contribution in [2.45, 2.75) is 19.4 Å². The minimum atomic E-state index is -0.437. The van der Waals surface area contributed by atoms with Gasteiger partial charge in [-0.05, 0) is 36.2 Å². The molecule has 136 valence electrons. The van der Waals surface area contributed by atoms with Gasteiger partial charge in [0.1, 0.15) is 18.8 Å². The topological polar surface area (TPSA) is 71.3 Å². The molecule has 0 atom stereocenters. The molecule has 2 rings (SSSR count). The quantitative estimate of drug-likeness (QED) is 0.763. The lowest BCUT2D eigenvalue weighted by Crippen LogP contribution is -2.24. The standard InChI is InChI=1S/C19H18ClFN2O3/c1-25-17-6-5-13(8-10-23-19(24)7-9-22)11-18(17)26-12-14-15(20)3-2-4-16(14)21/h2-6,11H,7-8,10,12H2,1H3,(H,23,24). The molecule has 1 N–H and O–H groups in total. The van der Waals surface area contributed by atoms with Crippen LogP contribution in [0.2, 0.25) is 5.02 Å². The Balaban J connectivity index is 2.05. The molecule has 5 nitrogen and oxygen atoms in total. The van der Waals surface area contributed by atoms with E-state index in [1.807, 2.05) is 6.07 Å². The van der Waals surface area contributed by atoms with Crippen LogP contribution in [-0.2, 0) is 17.8 Å². The van der Waals surface area contributed by atoms with Crippen molar-refractivity contribution in [1.29, 1.82) is 5.26 Å². The van der Waals surface area contributed by atoms with E-state index in [9.17, 15) is 9.18 Å². The number of carbonyl (C=O) groups excluding carboxylic acids is 1. The first kappa shape index (κ1) is 19.5. The summed E-state index contributed by atoms with van der Waals surface area (Å²) in [5.41, 5.74) is 1.17. The summed E-state index contributed by atoms with van der Waals surface area (Å²) in [5, 5.41) is 11.4. The van der Waals surface area contributed by atoms with Crippen molar-refractivity contribution in [2.24, 2.45) is 0 Å². The molecule has 0 saturated heterocycles. The van der Waals surface area contributed by atoms with Crippen LogP contribution in [0.4, 0.5) is 4.39 Å². The summed E-state index contributed by atoms with van der Waals surface area (Å²) in [5.74, 6) is 0.210. The highest BCUT2D eigenvalue weighted by molar-refractivity contribution is 6.31. The lowest BCUT2D eigenvalue weighted by molar-refractivity contribution is -0.120. The number of carbonyl (C=O) groups is 1. The van der Waals surface area contributed by atoms with Gasteiger partial charge in [0, 0.05) is 12.1 Å². The highest BCUT2D eigenvalue weighted by atomic mass is 35.5. The monoisotopic (exact) mass is 376 g/mol. The van der Waals surface area contributed by atoms with Gasteiger partial charge in [-0.3, -0.25) is 4.79 Å². The molecular formula is C19H18ClFN2O3. The molecule has 0 aromatic heterocycles. The Labute approximate surface area is 156 Å². The van der Waals surface area contributed by atoms with Crippen molar-refractivity contribution < 1.29 is 18.7 Å². The Morgan fingerprint density at radius 2 is 2.12 bits per heavy atom. The van der Waals surface area contributed by atoms with Crippen LogP contribution < -0.4 is 14.8 Å². The third-order valence-electron chi connectivity index (χ3n) is 3.64. The largest absolute Gasteiger partial charge is 0.493 e. The molecule has 7 heteroatoms. The van der Waals surface area contributed by atoms with Gasteiger partial charge < -0.3 is 14.8 Å². The van der Waals surface area contributed by atoms with Crippen molar-refractivity contribution in [3.8, 4) is 17.6 Å². The van der Waals surface area contributed by atoms with Gasteiger partial charge in [-0.15, -0.1) is 0 Å². The highest BCUT2D eigenvalue weighted by Crippen LogP contribution is 2.30. The molecule has 0 aliphatic heterocycles. The van der Waals surface area contributed by atoms with E-state index in [0.717, 1.165) is 5.56 Å². The van der Waals surface area contributed by atoms with E-state index >= 15 is 0 Å². The van der Waals surface area contributed by atoms with Crippen LogP contribution >= 0.6 is 11.6 Å². The number of methoxy groups -OCH3 is 1. The molecule has 0 heterocycles. The van der Waals surface area contributed by atoms with Crippen molar-refractivity contribution in [3.05, 3.63) is 58.4 Å². The molecule has 2 aromatic rings. The number of halogens is 2. The Hall–Kier alpha value is -2.78. The second-order valence-corrected chi connectivity index (χ2v) is 5.82. The maximum absolute atomic E-state index is 13.9. The van der Waals surface area contributed by atoms with Gasteiger partial charge in [0.15, 0.2) is 11.5 Å². The summed E-state index contributed by atoms with van der Waals surface area (Å²) in [6.45, 7) is 0.357. The number of rotatable bonds is 8. The zero-order valence-electron chi connectivity index (χ0n) is 14.2. The van der Waals surface area contributed by atoms with Crippen LogP contribution in [0.3, 0.4) is 0 Å². The number of ether oxygens (including phenoxy) is 2. The predicted molar refractivity (Wildman–Crippen MR) is 95.7 cm³/mol. The van der Waals surface area contributed by atoms with Crippen LogP contribution in [-0.4, -0.2) is 19.6 Å². The van der Waals surface area contributed by atoms with Gasteiger partial charge in [-0.1, -0.05) is 23.7 Å². The molecule has 0 bridgehead atoms. The maximum atomic E-state index is 13.9. The first-order valence-electron chi connectivity index (χ1n) is 7.91. The second-order valence-electron chi connectivity index (χ2n) is 5.41. The minimum Gasteiger partial charge on any atom is -0.493 e. The van der Waals surface area contributed by atoms with E-state index < -0.39 is 5.82 Å². The van der Waals surface area contributed by atoms with E-state index in [4.69, 9.17) is 26.3 Å². The zero-order chi connectivity index (χ0) is 18.9. The van der Waals surface area contributed by atoms with Crippen LogP contribution in [0.1, 0.15) is 17.5 Å². The summed E-state index contributed by atoms with van der Waals surface area (Å²) >= 11 is 6.01. The van der Waals surface area contributed by atoms with Gasteiger partial charge in [-0.2, -0.15) is 5.26 Å². The van der Waals surface area contributed by atoms with Crippen molar-refractivity contribution in [1.82, 2.24) is 5.32 Å². The number of hydrogen-bond acceptors (Lipinski definition) is 4. The first-order valence-corrected chi connectivity index (χ1v) is 8.29. The lowest BCUT2D eigenvalue weighted by Gasteiger charge is -2.13. The Morgan fingerprint density at radius 3 is 2.81 bits per heavy atom.